The van der Waals surface area contributed by atoms with E-state index in [1.807, 2.05) is 25.9 Å². The third-order valence-corrected chi connectivity index (χ3v) is 4.41. The SMILES string of the molecule is CCC1C(=O)NC(C2CC2)C(=O)N1C(C)CCN(C)C. The van der Waals surface area contributed by atoms with Gasteiger partial charge < -0.3 is 15.1 Å². The van der Waals surface area contributed by atoms with Crippen molar-refractivity contribution >= 4 is 11.8 Å². The van der Waals surface area contributed by atoms with E-state index in [4.69, 9.17) is 0 Å². The number of amides is 2. The van der Waals surface area contributed by atoms with Gasteiger partial charge in [0, 0.05) is 6.04 Å². The number of hydrogen-bond donors (Lipinski definition) is 1. The molecule has 2 aliphatic rings. The lowest BCUT2D eigenvalue weighted by Crippen LogP contribution is -2.65. The van der Waals surface area contributed by atoms with Crippen molar-refractivity contribution in [2.75, 3.05) is 20.6 Å². The molecule has 1 aliphatic carbocycles. The van der Waals surface area contributed by atoms with Gasteiger partial charge >= 0.3 is 0 Å². The fourth-order valence-electron chi connectivity index (χ4n) is 2.99. The summed E-state index contributed by atoms with van der Waals surface area (Å²) >= 11 is 0. The van der Waals surface area contributed by atoms with Crippen LogP contribution < -0.4 is 5.32 Å². The number of nitrogens with one attached hydrogen (secondary N) is 1. The van der Waals surface area contributed by atoms with Crippen molar-refractivity contribution in [3.8, 4) is 0 Å². The van der Waals surface area contributed by atoms with Crippen molar-refractivity contribution in [2.45, 2.75) is 57.7 Å². The highest BCUT2D eigenvalue weighted by molar-refractivity contribution is 5.97. The van der Waals surface area contributed by atoms with E-state index in [1.165, 1.54) is 0 Å². The Morgan fingerprint density at radius 2 is 2.00 bits per heavy atom. The Balaban J connectivity index is 2.10. The molecule has 0 aromatic carbocycles. The zero-order valence-corrected chi connectivity index (χ0v) is 13.1. The van der Waals surface area contributed by atoms with Crippen molar-refractivity contribution in [2.24, 2.45) is 5.92 Å². The topological polar surface area (TPSA) is 52.7 Å². The van der Waals surface area contributed by atoms with Crippen LogP contribution in [0.1, 0.15) is 39.5 Å². The summed E-state index contributed by atoms with van der Waals surface area (Å²) in [5, 5.41) is 2.94. The van der Waals surface area contributed by atoms with Gasteiger partial charge in [-0.3, -0.25) is 9.59 Å². The maximum absolute atomic E-state index is 12.7. The van der Waals surface area contributed by atoms with Crippen LogP contribution in [-0.4, -0.2) is 60.4 Å². The Bertz CT molecular complexity index is 379. The molecule has 20 heavy (non-hydrogen) atoms. The van der Waals surface area contributed by atoms with E-state index < -0.39 is 0 Å². The van der Waals surface area contributed by atoms with E-state index in [2.05, 4.69) is 17.1 Å². The van der Waals surface area contributed by atoms with Crippen LogP contribution in [0.15, 0.2) is 0 Å². The summed E-state index contributed by atoms with van der Waals surface area (Å²) in [6, 6.07) is -0.455. The van der Waals surface area contributed by atoms with Crippen LogP contribution in [0.3, 0.4) is 0 Å². The molecule has 3 atom stereocenters. The Hall–Kier alpha value is -1.10. The molecule has 1 saturated carbocycles. The number of carbonyl (C=O) groups excluding carboxylic acids is 2. The highest BCUT2D eigenvalue weighted by Crippen LogP contribution is 2.35. The maximum Gasteiger partial charge on any atom is 0.246 e. The van der Waals surface area contributed by atoms with Crippen molar-refractivity contribution < 1.29 is 9.59 Å². The van der Waals surface area contributed by atoms with Crippen molar-refractivity contribution in [3.63, 3.8) is 0 Å². The molecule has 0 aromatic rings. The Morgan fingerprint density at radius 1 is 1.35 bits per heavy atom. The average molecular weight is 281 g/mol. The van der Waals surface area contributed by atoms with Crippen LogP contribution in [0.2, 0.25) is 0 Å². The molecule has 114 valence electrons. The molecule has 0 radical (unpaired) electrons. The van der Waals surface area contributed by atoms with Gasteiger partial charge in [-0.05, 0) is 59.2 Å². The van der Waals surface area contributed by atoms with Gasteiger partial charge in [0.15, 0.2) is 0 Å². The zero-order valence-electron chi connectivity index (χ0n) is 13.1. The lowest BCUT2D eigenvalue weighted by atomic mass is 9.98. The molecule has 0 spiro atoms. The minimum absolute atomic E-state index is 0.0284. The predicted octanol–water partition coefficient (Wildman–Crippen LogP) is 0.842. The lowest BCUT2D eigenvalue weighted by molar-refractivity contribution is -0.152. The van der Waals surface area contributed by atoms with Crippen LogP contribution >= 0.6 is 0 Å². The van der Waals surface area contributed by atoms with Crippen molar-refractivity contribution in [1.29, 1.82) is 0 Å². The molecule has 0 aromatic heterocycles. The fourth-order valence-corrected chi connectivity index (χ4v) is 2.99. The first-order valence-corrected chi connectivity index (χ1v) is 7.73. The first-order valence-electron chi connectivity index (χ1n) is 7.73. The highest BCUT2D eigenvalue weighted by atomic mass is 16.2. The lowest BCUT2D eigenvalue weighted by Gasteiger charge is -2.42. The van der Waals surface area contributed by atoms with Crippen LogP contribution in [0, 0.1) is 5.92 Å². The Labute approximate surface area is 121 Å². The van der Waals surface area contributed by atoms with E-state index in [0.29, 0.717) is 12.3 Å². The van der Waals surface area contributed by atoms with E-state index >= 15 is 0 Å². The second kappa shape index (κ2) is 6.12. The third-order valence-electron chi connectivity index (χ3n) is 4.41. The number of piperazine rings is 1. The minimum atomic E-state index is -0.297. The largest absolute Gasteiger partial charge is 0.342 e. The minimum Gasteiger partial charge on any atom is -0.342 e. The molecule has 1 N–H and O–H groups in total. The van der Waals surface area contributed by atoms with Gasteiger partial charge in [0.1, 0.15) is 12.1 Å². The summed E-state index contributed by atoms with van der Waals surface area (Å²) in [6.07, 6.45) is 3.71. The summed E-state index contributed by atoms with van der Waals surface area (Å²) in [6.45, 7) is 4.96. The van der Waals surface area contributed by atoms with E-state index in [-0.39, 0.29) is 29.9 Å². The summed E-state index contributed by atoms with van der Waals surface area (Å²) in [5.74, 6) is 0.527. The molecule has 1 heterocycles. The molecule has 5 heteroatoms. The average Bonchev–Trinajstić information content (AvgIpc) is 3.21. The van der Waals surface area contributed by atoms with Crippen LogP contribution in [0.25, 0.3) is 0 Å². The number of carbonyl (C=O) groups is 2. The summed E-state index contributed by atoms with van der Waals surface area (Å²) in [5.41, 5.74) is 0. The second-order valence-corrected chi connectivity index (χ2v) is 6.43. The van der Waals surface area contributed by atoms with E-state index in [9.17, 15) is 9.59 Å². The molecule has 3 unspecified atom stereocenters. The van der Waals surface area contributed by atoms with Crippen molar-refractivity contribution in [1.82, 2.24) is 15.1 Å². The quantitative estimate of drug-likeness (QED) is 0.785. The first kappa shape index (κ1) is 15.3. The smallest absolute Gasteiger partial charge is 0.246 e. The maximum atomic E-state index is 12.7. The van der Waals surface area contributed by atoms with Gasteiger partial charge in [0.25, 0.3) is 0 Å². The molecular formula is C15H27N3O2. The molecule has 2 fully saturated rings. The monoisotopic (exact) mass is 281 g/mol. The van der Waals surface area contributed by atoms with Gasteiger partial charge in [0.05, 0.1) is 0 Å². The van der Waals surface area contributed by atoms with Gasteiger partial charge in [-0.15, -0.1) is 0 Å². The zero-order chi connectivity index (χ0) is 14.9. The standard InChI is InChI=1S/C15H27N3O2/c1-5-12-14(19)16-13(11-6-7-11)15(20)18(12)10(2)8-9-17(3)4/h10-13H,5-9H2,1-4H3,(H,16,19). The van der Waals surface area contributed by atoms with E-state index in [0.717, 1.165) is 25.8 Å². The molecule has 1 saturated heterocycles. The third kappa shape index (κ3) is 3.14. The number of hydrogen-bond acceptors (Lipinski definition) is 3. The van der Waals surface area contributed by atoms with Crippen LogP contribution in [0.4, 0.5) is 0 Å². The molecule has 5 nitrogen and oxygen atoms in total. The Kier molecular flexibility index (Phi) is 4.68. The molecular weight excluding hydrogens is 254 g/mol. The normalized spacial score (nSPS) is 28.8. The van der Waals surface area contributed by atoms with Gasteiger partial charge in [-0.25, -0.2) is 0 Å². The van der Waals surface area contributed by atoms with Crippen LogP contribution in [-0.2, 0) is 9.59 Å². The van der Waals surface area contributed by atoms with Crippen LogP contribution in [0.5, 0.6) is 0 Å². The Morgan fingerprint density at radius 3 is 2.50 bits per heavy atom. The molecule has 1 aliphatic heterocycles. The molecule has 2 amide bonds. The first-order chi connectivity index (χ1) is 9.45. The second-order valence-electron chi connectivity index (χ2n) is 6.43. The summed E-state index contributed by atoms with van der Waals surface area (Å²) in [4.78, 5) is 28.9. The highest BCUT2D eigenvalue weighted by Gasteiger charge is 2.47. The van der Waals surface area contributed by atoms with E-state index in [1.54, 1.807) is 0 Å². The number of nitrogens with zero attached hydrogens (tertiary/aromatic N) is 2. The predicted molar refractivity (Wildman–Crippen MR) is 78.2 cm³/mol. The van der Waals surface area contributed by atoms with Gasteiger partial charge in [-0.2, -0.15) is 0 Å². The number of rotatable bonds is 6. The van der Waals surface area contributed by atoms with Crippen molar-refractivity contribution in [3.05, 3.63) is 0 Å². The summed E-state index contributed by atoms with van der Waals surface area (Å²) < 4.78 is 0. The fraction of sp³-hybridized carbons (Fsp3) is 0.867. The summed E-state index contributed by atoms with van der Waals surface area (Å²) in [7, 11) is 4.06. The van der Waals surface area contributed by atoms with Gasteiger partial charge in [-0.1, -0.05) is 6.92 Å². The molecule has 0 bridgehead atoms. The molecule has 2 rings (SSSR count). The van der Waals surface area contributed by atoms with Gasteiger partial charge in [0.2, 0.25) is 11.8 Å².